The van der Waals surface area contributed by atoms with E-state index < -0.39 is 0 Å². The molecule has 136 valence electrons. The average molecular weight is 379 g/mol. The van der Waals surface area contributed by atoms with Gasteiger partial charge in [0.1, 0.15) is 23.6 Å². The molecule has 0 radical (unpaired) electrons. The van der Waals surface area contributed by atoms with Crippen LogP contribution in [0.1, 0.15) is 5.56 Å². The van der Waals surface area contributed by atoms with Crippen LogP contribution in [0.15, 0.2) is 42.9 Å². The molecule has 0 aliphatic rings. The highest BCUT2D eigenvalue weighted by molar-refractivity contribution is 7.22. The molecule has 0 bridgehead atoms. The first-order chi connectivity index (χ1) is 13.1. The van der Waals surface area contributed by atoms with Crippen molar-refractivity contribution in [2.45, 2.75) is 6.92 Å². The van der Waals surface area contributed by atoms with Crippen LogP contribution in [0.5, 0.6) is 5.75 Å². The number of thiazole rings is 1. The first kappa shape index (κ1) is 17.0. The Morgan fingerprint density at radius 3 is 2.63 bits per heavy atom. The molecule has 4 rings (SSSR count). The van der Waals surface area contributed by atoms with E-state index in [0.717, 1.165) is 21.5 Å². The lowest BCUT2D eigenvalue weighted by atomic mass is 10.3. The summed E-state index contributed by atoms with van der Waals surface area (Å²) in [6.45, 7) is 1.99. The molecule has 0 fully saturated rings. The molecule has 4 N–H and O–H groups in total. The van der Waals surface area contributed by atoms with E-state index in [0.29, 0.717) is 28.3 Å². The van der Waals surface area contributed by atoms with Gasteiger partial charge in [0.15, 0.2) is 16.8 Å². The van der Waals surface area contributed by atoms with Gasteiger partial charge in [0.25, 0.3) is 0 Å². The third kappa shape index (κ3) is 3.58. The van der Waals surface area contributed by atoms with Crippen molar-refractivity contribution in [1.29, 1.82) is 0 Å². The number of nitrogens with two attached hydrogens (primary N) is 1. The van der Waals surface area contributed by atoms with E-state index in [1.54, 1.807) is 13.3 Å². The lowest BCUT2D eigenvalue weighted by molar-refractivity contribution is 0.415. The highest BCUT2D eigenvalue weighted by Gasteiger charge is 2.12. The van der Waals surface area contributed by atoms with Gasteiger partial charge in [-0.1, -0.05) is 11.3 Å². The quantitative estimate of drug-likeness (QED) is 0.479. The number of nitrogens with zero attached hydrogens (tertiary/aromatic N) is 4. The van der Waals surface area contributed by atoms with Crippen LogP contribution in [-0.4, -0.2) is 27.0 Å². The molecule has 0 aliphatic heterocycles. The highest BCUT2D eigenvalue weighted by Crippen LogP contribution is 2.33. The summed E-state index contributed by atoms with van der Waals surface area (Å²) in [6, 6.07) is 9.56. The van der Waals surface area contributed by atoms with Crippen LogP contribution in [0, 0.1) is 6.92 Å². The number of fused-ring (bicyclic) bond motifs is 1. The molecule has 4 aromatic rings. The molecule has 1 aromatic carbocycles. The zero-order valence-electron chi connectivity index (χ0n) is 14.7. The van der Waals surface area contributed by atoms with Crippen molar-refractivity contribution in [2.24, 2.45) is 0 Å². The van der Waals surface area contributed by atoms with Gasteiger partial charge in [0.2, 0.25) is 0 Å². The Hall–Kier alpha value is -3.46. The zero-order chi connectivity index (χ0) is 18.8. The summed E-state index contributed by atoms with van der Waals surface area (Å²) in [5.41, 5.74) is 8.58. The normalized spacial score (nSPS) is 10.7. The van der Waals surface area contributed by atoms with Crippen molar-refractivity contribution in [1.82, 2.24) is 19.9 Å². The molecule has 0 unspecified atom stereocenters. The zero-order valence-corrected chi connectivity index (χ0v) is 15.5. The number of hydrogen-bond donors (Lipinski definition) is 3. The summed E-state index contributed by atoms with van der Waals surface area (Å²) in [5.74, 6) is 2.41. The monoisotopic (exact) mass is 379 g/mol. The van der Waals surface area contributed by atoms with Crippen LogP contribution in [0.2, 0.25) is 0 Å². The van der Waals surface area contributed by atoms with E-state index in [1.165, 1.54) is 17.7 Å². The van der Waals surface area contributed by atoms with Crippen LogP contribution in [0.3, 0.4) is 0 Å². The first-order valence-corrected chi connectivity index (χ1v) is 8.96. The van der Waals surface area contributed by atoms with Gasteiger partial charge < -0.3 is 21.1 Å². The van der Waals surface area contributed by atoms with Crippen LogP contribution in [-0.2, 0) is 0 Å². The van der Waals surface area contributed by atoms with E-state index in [4.69, 9.17) is 10.5 Å². The SMILES string of the molecule is COc1ccc2nc(Nc3ncnc(Nc4cc(C)ccn4)c3N)sc2c1. The molecular weight excluding hydrogens is 362 g/mol. The summed E-state index contributed by atoms with van der Waals surface area (Å²) in [5, 5.41) is 6.97. The van der Waals surface area contributed by atoms with Gasteiger partial charge in [-0.05, 0) is 42.8 Å². The molecule has 3 heterocycles. The number of methoxy groups -OCH3 is 1. The molecule has 27 heavy (non-hydrogen) atoms. The molecule has 8 nitrogen and oxygen atoms in total. The number of nitrogens with one attached hydrogen (secondary N) is 2. The average Bonchev–Trinajstić information content (AvgIpc) is 3.06. The van der Waals surface area contributed by atoms with Crippen molar-refractivity contribution in [3.05, 3.63) is 48.4 Å². The van der Waals surface area contributed by atoms with Crippen molar-refractivity contribution < 1.29 is 4.74 Å². The minimum atomic E-state index is 0.387. The fourth-order valence-electron chi connectivity index (χ4n) is 2.51. The molecule has 0 atom stereocenters. The number of rotatable bonds is 5. The molecule has 0 aliphatic carbocycles. The minimum absolute atomic E-state index is 0.387. The number of pyridine rings is 1. The maximum absolute atomic E-state index is 6.24. The number of ether oxygens (including phenoxy) is 1. The largest absolute Gasteiger partial charge is 0.497 e. The summed E-state index contributed by atoms with van der Waals surface area (Å²) < 4.78 is 6.26. The number of benzene rings is 1. The van der Waals surface area contributed by atoms with Crippen LogP contribution in [0.4, 0.5) is 28.3 Å². The third-order valence-electron chi connectivity index (χ3n) is 3.87. The minimum Gasteiger partial charge on any atom is -0.497 e. The van der Waals surface area contributed by atoms with E-state index in [2.05, 4.69) is 30.6 Å². The maximum Gasteiger partial charge on any atom is 0.189 e. The molecular formula is C18H17N7OS. The van der Waals surface area contributed by atoms with Crippen molar-refractivity contribution in [2.75, 3.05) is 23.5 Å². The van der Waals surface area contributed by atoms with E-state index >= 15 is 0 Å². The lowest BCUT2D eigenvalue weighted by Crippen LogP contribution is -2.05. The van der Waals surface area contributed by atoms with E-state index in [-0.39, 0.29) is 0 Å². The number of aromatic nitrogens is 4. The van der Waals surface area contributed by atoms with Gasteiger partial charge in [0.05, 0.1) is 17.3 Å². The Morgan fingerprint density at radius 1 is 1.04 bits per heavy atom. The Labute approximate surface area is 159 Å². The number of anilines is 5. The van der Waals surface area contributed by atoms with Gasteiger partial charge in [-0.25, -0.2) is 19.9 Å². The third-order valence-corrected chi connectivity index (χ3v) is 4.80. The molecule has 0 saturated carbocycles. The fourth-order valence-corrected chi connectivity index (χ4v) is 3.40. The summed E-state index contributed by atoms with van der Waals surface area (Å²) in [6.07, 6.45) is 3.16. The van der Waals surface area contributed by atoms with Crippen molar-refractivity contribution in [3.63, 3.8) is 0 Å². The lowest BCUT2D eigenvalue weighted by Gasteiger charge is -2.11. The highest BCUT2D eigenvalue weighted by atomic mass is 32.1. The first-order valence-electron chi connectivity index (χ1n) is 8.14. The Morgan fingerprint density at radius 2 is 1.85 bits per heavy atom. The predicted molar refractivity (Wildman–Crippen MR) is 108 cm³/mol. The van der Waals surface area contributed by atoms with Gasteiger partial charge in [-0.2, -0.15) is 0 Å². The van der Waals surface area contributed by atoms with E-state index in [1.807, 2.05) is 37.3 Å². The molecule has 0 amide bonds. The van der Waals surface area contributed by atoms with Gasteiger partial charge >= 0.3 is 0 Å². The molecule has 3 aromatic heterocycles. The Kier molecular flexibility index (Phi) is 4.43. The van der Waals surface area contributed by atoms with Gasteiger partial charge in [-0.15, -0.1) is 0 Å². The summed E-state index contributed by atoms with van der Waals surface area (Å²) in [4.78, 5) is 17.3. The second-order valence-electron chi connectivity index (χ2n) is 5.81. The summed E-state index contributed by atoms with van der Waals surface area (Å²) in [7, 11) is 1.64. The van der Waals surface area contributed by atoms with Gasteiger partial charge in [0, 0.05) is 6.20 Å². The number of aryl methyl sites for hydroxylation is 1. The van der Waals surface area contributed by atoms with Crippen LogP contribution < -0.4 is 21.1 Å². The number of nitrogen functional groups attached to an aromatic ring is 1. The molecule has 0 spiro atoms. The van der Waals surface area contributed by atoms with Gasteiger partial charge in [-0.3, -0.25) is 0 Å². The smallest absolute Gasteiger partial charge is 0.189 e. The molecule has 0 saturated heterocycles. The van der Waals surface area contributed by atoms with E-state index in [9.17, 15) is 0 Å². The Balaban J connectivity index is 1.61. The van der Waals surface area contributed by atoms with Crippen LogP contribution >= 0.6 is 11.3 Å². The second kappa shape index (κ2) is 7.04. The topological polar surface area (TPSA) is 111 Å². The predicted octanol–water partition coefficient (Wildman–Crippen LogP) is 3.87. The Bertz CT molecular complexity index is 1110. The van der Waals surface area contributed by atoms with Crippen LogP contribution in [0.25, 0.3) is 10.2 Å². The summed E-state index contributed by atoms with van der Waals surface area (Å²) >= 11 is 1.49. The number of hydrogen-bond acceptors (Lipinski definition) is 9. The standard InChI is InChI=1S/C18H17N7OS/c1-10-5-6-20-14(7-10)24-16-15(19)17(22-9-21-16)25-18-23-12-4-3-11(26-2)8-13(12)27-18/h3-9H,19H2,1-2H3,(H2,20,21,22,23,24,25). The molecule has 9 heteroatoms. The van der Waals surface area contributed by atoms with Crippen molar-refractivity contribution in [3.8, 4) is 5.75 Å². The second-order valence-corrected chi connectivity index (χ2v) is 6.84. The van der Waals surface area contributed by atoms with Crippen molar-refractivity contribution >= 4 is 49.8 Å². The maximum atomic E-state index is 6.24. The fraction of sp³-hybridized carbons (Fsp3) is 0.111.